The van der Waals surface area contributed by atoms with E-state index in [0.717, 1.165) is 21.9 Å². The van der Waals surface area contributed by atoms with Gasteiger partial charge in [0.15, 0.2) is 0 Å². The van der Waals surface area contributed by atoms with Crippen molar-refractivity contribution in [3.63, 3.8) is 0 Å². The Bertz CT molecular complexity index is 1130. The summed E-state index contributed by atoms with van der Waals surface area (Å²) in [5.74, 6) is 1.16. The zero-order chi connectivity index (χ0) is 20.2. The van der Waals surface area contributed by atoms with Crippen molar-refractivity contribution in [2.45, 2.75) is 13.5 Å². The van der Waals surface area contributed by atoms with Gasteiger partial charge in [0, 0.05) is 17.0 Å². The fraction of sp³-hybridized carbons (Fsp3) is 0.136. The van der Waals surface area contributed by atoms with Gasteiger partial charge in [0.1, 0.15) is 22.3 Å². The number of hydrogen-bond donors (Lipinski definition) is 1. The second kappa shape index (κ2) is 8.28. The first kappa shape index (κ1) is 18.9. The molecule has 146 valence electrons. The molecule has 7 heteroatoms. The molecular formula is C22H20N4O2S. The number of rotatable bonds is 6. The van der Waals surface area contributed by atoms with E-state index in [-0.39, 0.29) is 5.91 Å². The van der Waals surface area contributed by atoms with Crippen molar-refractivity contribution in [3.8, 4) is 16.3 Å². The number of amides is 1. The van der Waals surface area contributed by atoms with Crippen molar-refractivity contribution < 1.29 is 9.53 Å². The van der Waals surface area contributed by atoms with Crippen LogP contribution in [-0.4, -0.2) is 27.8 Å². The number of thiazole rings is 1. The predicted octanol–water partition coefficient (Wildman–Crippen LogP) is 4.62. The number of ether oxygens (including phenoxy) is 1. The Hall–Kier alpha value is -3.45. The summed E-state index contributed by atoms with van der Waals surface area (Å²) in [5.41, 5.74) is 3.64. The van der Waals surface area contributed by atoms with Crippen LogP contribution in [0.2, 0.25) is 0 Å². The van der Waals surface area contributed by atoms with Crippen LogP contribution in [0.5, 0.6) is 5.75 Å². The van der Waals surface area contributed by atoms with E-state index in [2.05, 4.69) is 34.5 Å². The van der Waals surface area contributed by atoms with E-state index < -0.39 is 0 Å². The maximum absolute atomic E-state index is 12.7. The lowest BCUT2D eigenvalue weighted by Gasteiger charge is -2.09. The molecule has 0 unspecified atom stereocenters. The Morgan fingerprint density at radius 3 is 2.76 bits per heavy atom. The third kappa shape index (κ3) is 4.35. The van der Waals surface area contributed by atoms with E-state index in [1.807, 2.05) is 36.4 Å². The zero-order valence-electron chi connectivity index (χ0n) is 16.1. The van der Waals surface area contributed by atoms with E-state index >= 15 is 0 Å². The van der Waals surface area contributed by atoms with Gasteiger partial charge in [-0.15, -0.1) is 11.3 Å². The largest absolute Gasteiger partial charge is 0.497 e. The van der Waals surface area contributed by atoms with Crippen molar-refractivity contribution >= 4 is 23.1 Å². The summed E-state index contributed by atoms with van der Waals surface area (Å²) in [5, 5.41) is 9.78. The third-order valence-corrected chi connectivity index (χ3v) is 5.34. The second-order valence-electron chi connectivity index (χ2n) is 6.58. The molecular weight excluding hydrogens is 384 g/mol. The van der Waals surface area contributed by atoms with E-state index in [1.165, 1.54) is 16.9 Å². The molecule has 0 bridgehead atoms. The van der Waals surface area contributed by atoms with Crippen LogP contribution in [-0.2, 0) is 6.54 Å². The molecule has 2 aromatic heterocycles. The number of methoxy groups -OCH3 is 1. The van der Waals surface area contributed by atoms with E-state index in [1.54, 1.807) is 29.4 Å². The number of aryl methyl sites for hydroxylation is 1. The van der Waals surface area contributed by atoms with E-state index in [4.69, 9.17) is 4.74 Å². The second-order valence-corrected chi connectivity index (χ2v) is 7.44. The minimum atomic E-state index is -0.257. The lowest BCUT2D eigenvalue weighted by atomic mass is 10.1. The molecule has 1 N–H and O–H groups in total. The highest BCUT2D eigenvalue weighted by atomic mass is 32.1. The molecule has 4 aromatic rings. The van der Waals surface area contributed by atoms with E-state index in [9.17, 15) is 4.79 Å². The summed E-state index contributed by atoms with van der Waals surface area (Å²) in [6.45, 7) is 2.64. The fourth-order valence-electron chi connectivity index (χ4n) is 2.97. The molecule has 6 nitrogen and oxygen atoms in total. The van der Waals surface area contributed by atoms with Crippen LogP contribution in [0, 0.1) is 6.92 Å². The van der Waals surface area contributed by atoms with Crippen molar-refractivity contribution in [1.82, 2.24) is 14.8 Å². The number of nitrogens with one attached hydrogen (secondary N) is 1. The number of carbonyl (C=O) groups is 1. The molecule has 0 spiro atoms. The molecule has 2 aromatic carbocycles. The molecule has 29 heavy (non-hydrogen) atoms. The highest BCUT2D eigenvalue weighted by molar-refractivity contribution is 7.13. The van der Waals surface area contributed by atoms with Gasteiger partial charge in [-0.1, -0.05) is 29.8 Å². The molecule has 1 amide bonds. The molecule has 0 saturated carbocycles. The van der Waals surface area contributed by atoms with Gasteiger partial charge >= 0.3 is 0 Å². The third-order valence-electron chi connectivity index (χ3n) is 4.45. The summed E-state index contributed by atoms with van der Waals surface area (Å²) < 4.78 is 6.95. The quantitative estimate of drug-likeness (QED) is 0.509. The Morgan fingerprint density at radius 2 is 2.00 bits per heavy atom. The topological polar surface area (TPSA) is 69.0 Å². The minimum Gasteiger partial charge on any atom is -0.497 e. The summed E-state index contributed by atoms with van der Waals surface area (Å²) in [4.78, 5) is 17.2. The van der Waals surface area contributed by atoms with Crippen LogP contribution in [0.4, 0.5) is 5.82 Å². The van der Waals surface area contributed by atoms with Gasteiger partial charge in [0.25, 0.3) is 5.91 Å². The lowest BCUT2D eigenvalue weighted by molar-refractivity contribution is 0.102. The van der Waals surface area contributed by atoms with Crippen LogP contribution in [0.25, 0.3) is 10.6 Å². The maximum Gasteiger partial charge on any atom is 0.276 e. The number of anilines is 1. The Balaban J connectivity index is 1.48. The first-order chi connectivity index (χ1) is 14.1. The lowest BCUT2D eigenvalue weighted by Crippen LogP contribution is -2.16. The molecule has 0 aliphatic heterocycles. The number of nitrogens with zero attached hydrogens (tertiary/aromatic N) is 3. The molecule has 2 heterocycles. The maximum atomic E-state index is 12.7. The van der Waals surface area contributed by atoms with Crippen LogP contribution in [0.3, 0.4) is 0 Å². The number of carbonyl (C=O) groups excluding carboxylic acids is 1. The number of aromatic nitrogens is 3. The number of benzene rings is 2. The first-order valence-electron chi connectivity index (χ1n) is 9.11. The zero-order valence-corrected chi connectivity index (χ0v) is 16.9. The van der Waals surface area contributed by atoms with Gasteiger partial charge in [-0.25, -0.2) is 9.67 Å². The summed E-state index contributed by atoms with van der Waals surface area (Å²) in [6.07, 6.45) is 1.68. The van der Waals surface area contributed by atoms with Gasteiger partial charge in [-0.2, -0.15) is 5.10 Å². The van der Waals surface area contributed by atoms with Crippen LogP contribution in [0.15, 0.2) is 66.2 Å². The van der Waals surface area contributed by atoms with Crippen LogP contribution in [0.1, 0.15) is 21.6 Å². The molecule has 0 aliphatic rings. The average Bonchev–Trinajstić information content (AvgIpc) is 3.38. The SMILES string of the molecule is COc1ccc(-c2nc(C(=O)Nc3ccnn3Cc3cccc(C)c3)cs2)cc1. The fourth-order valence-corrected chi connectivity index (χ4v) is 3.78. The monoisotopic (exact) mass is 404 g/mol. The van der Waals surface area contributed by atoms with Crippen molar-refractivity contribution in [3.05, 3.63) is 83.0 Å². The van der Waals surface area contributed by atoms with Crippen molar-refractivity contribution in [2.75, 3.05) is 12.4 Å². The predicted molar refractivity (Wildman–Crippen MR) is 115 cm³/mol. The standard InChI is InChI=1S/C22H20N4O2S/c1-15-4-3-5-16(12-15)13-26-20(10-11-23-26)25-21(27)19-14-29-22(24-19)17-6-8-18(28-2)9-7-17/h3-12,14H,13H2,1-2H3,(H,25,27). The van der Waals surface area contributed by atoms with Crippen LogP contribution >= 0.6 is 11.3 Å². The van der Waals surface area contributed by atoms with Gasteiger partial charge < -0.3 is 10.1 Å². The Kier molecular flexibility index (Phi) is 5.39. The molecule has 0 saturated heterocycles. The number of hydrogen-bond acceptors (Lipinski definition) is 5. The van der Waals surface area contributed by atoms with Gasteiger partial charge in [0.05, 0.1) is 19.9 Å². The molecule has 0 aliphatic carbocycles. The molecule has 0 radical (unpaired) electrons. The highest BCUT2D eigenvalue weighted by Gasteiger charge is 2.14. The van der Waals surface area contributed by atoms with Crippen LogP contribution < -0.4 is 10.1 Å². The van der Waals surface area contributed by atoms with Crippen molar-refractivity contribution in [2.24, 2.45) is 0 Å². The Labute approximate surface area is 172 Å². The average molecular weight is 404 g/mol. The van der Waals surface area contributed by atoms with Gasteiger partial charge in [0.2, 0.25) is 0 Å². The normalized spacial score (nSPS) is 10.7. The highest BCUT2D eigenvalue weighted by Crippen LogP contribution is 2.26. The first-order valence-corrected chi connectivity index (χ1v) is 9.99. The smallest absolute Gasteiger partial charge is 0.276 e. The summed E-state index contributed by atoms with van der Waals surface area (Å²) in [7, 11) is 1.63. The molecule has 4 rings (SSSR count). The van der Waals surface area contributed by atoms with Crippen molar-refractivity contribution in [1.29, 1.82) is 0 Å². The summed E-state index contributed by atoms with van der Waals surface area (Å²) >= 11 is 1.43. The van der Waals surface area contributed by atoms with E-state index in [0.29, 0.717) is 18.1 Å². The molecule has 0 atom stereocenters. The van der Waals surface area contributed by atoms with Gasteiger partial charge in [-0.3, -0.25) is 4.79 Å². The minimum absolute atomic E-state index is 0.257. The Morgan fingerprint density at radius 1 is 1.17 bits per heavy atom. The summed E-state index contributed by atoms with van der Waals surface area (Å²) in [6, 6.07) is 17.6. The molecule has 0 fully saturated rings. The van der Waals surface area contributed by atoms with Gasteiger partial charge in [-0.05, 0) is 36.8 Å².